The Morgan fingerprint density at radius 3 is 2.44 bits per heavy atom. The summed E-state index contributed by atoms with van der Waals surface area (Å²) in [5, 5.41) is 2.97. The van der Waals surface area contributed by atoms with E-state index in [2.05, 4.69) is 12.2 Å². The maximum absolute atomic E-state index is 12.1. The van der Waals surface area contributed by atoms with Crippen LogP contribution in [-0.4, -0.2) is 25.0 Å². The molecule has 0 aromatic carbocycles. The molecule has 0 spiro atoms. The molecule has 104 valence electrons. The SMILES string of the molecule is CCOC(=O)CCCNC(=O)C1(CC)CCCC1. The van der Waals surface area contributed by atoms with Crippen LogP contribution in [0.1, 0.15) is 58.8 Å². The third-order valence-electron chi connectivity index (χ3n) is 3.87. The van der Waals surface area contributed by atoms with E-state index in [1.54, 1.807) is 6.92 Å². The Kier molecular flexibility index (Phi) is 6.16. The minimum absolute atomic E-state index is 0.135. The summed E-state index contributed by atoms with van der Waals surface area (Å²) >= 11 is 0. The van der Waals surface area contributed by atoms with Crippen molar-refractivity contribution >= 4 is 11.9 Å². The van der Waals surface area contributed by atoms with Gasteiger partial charge in [-0.15, -0.1) is 0 Å². The number of carbonyl (C=O) groups excluding carboxylic acids is 2. The highest BCUT2D eigenvalue weighted by Crippen LogP contribution is 2.40. The second kappa shape index (κ2) is 7.39. The molecule has 1 rings (SSSR count). The fourth-order valence-electron chi connectivity index (χ4n) is 2.65. The van der Waals surface area contributed by atoms with Gasteiger partial charge in [-0.25, -0.2) is 0 Å². The lowest BCUT2D eigenvalue weighted by Gasteiger charge is -2.25. The van der Waals surface area contributed by atoms with Gasteiger partial charge >= 0.3 is 5.97 Å². The number of rotatable bonds is 7. The average Bonchev–Trinajstić information content (AvgIpc) is 2.84. The van der Waals surface area contributed by atoms with Crippen molar-refractivity contribution in [3.8, 4) is 0 Å². The number of hydrogen-bond acceptors (Lipinski definition) is 3. The van der Waals surface area contributed by atoms with Gasteiger partial charge in [-0.05, 0) is 32.6 Å². The van der Waals surface area contributed by atoms with E-state index in [-0.39, 0.29) is 17.3 Å². The Hall–Kier alpha value is -1.06. The van der Waals surface area contributed by atoms with Gasteiger partial charge in [0.05, 0.1) is 6.61 Å². The maximum atomic E-state index is 12.1. The van der Waals surface area contributed by atoms with E-state index in [9.17, 15) is 9.59 Å². The number of ether oxygens (including phenoxy) is 1. The first-order valence-corrected chi connectivity index (χ1v) is 7.08. The predicted octanol–water partition coefficient (Wildman–Crippen LogP) is 2.42. The molecule has 0 bridgehead atoms. The Labute approximate surface area is 109 Å². The van der Waals surface area contributed by atoms with Gasteiger partial charge in [0.15, 0.2) is 0 Å². The van der Waals surface area contributed by atoms with E-state index in [4.69, 9.17) is 4.74 Å². The van der Waals surface area contributed by atoms with Crippen molar-refractivity contribution in [3.05, 3.63) is 0 Å². The van der Waals surface area contributed by atoms with E-state index < -0.39 is 0 Å². The van der Waals surface area contributed by atoms with Crippen LogP contribution in [0.25, 0.3) is 0 Å². The predicted molar refractivity (Wildman–Crippen MR) is 70.1 cm³/mol. The van der Waals surface area contributed by atoms with Gasteiger partial charge in [0.2, 0.25) is 5.91 Å². The molecule has 4 nitrogen and oxygen atoms in total. The van der Waals surface area contributed by atoms with Crippen LogP contribution in [0, 0.1) is 5.41 Å². The van der Waals surface area contributed by atoms with Crippen LogP contribution in [0.5, 0.6) is 0 Å². The van der Waals surface area contributed by atoms with Crippen molar-refractivity contribution in [2.75, 3.05) is 13.2 Å². The molecule has 0 unspecified atom stereocenters. The Balaban J connectivity index is 2.22. The maximum Gasteiger partial charge on any atom is 0.305 e. The molecule has 0 heterocycles. The first-order chi connectivity index (χ1) is 8.64. The third-order valence-corrected chi connectivity index (χ3v) is 3.87. The third kappa shape index (κ3) is 4.00. The van der Waals surface area contributed by atoms with Crippen LogP contribution >= 0.6 is 0 Å². The minimum atomic E-state index is -0.183. The van der Waals surface area contributed by atoms with Crippen molar-refractivity contribution in [2.24, 2.45) is 5.41 Å². The van der Waals surface area contributed by atoms with Gasteiger partial charge in [-0.2, -0.15) is 0 Å². The largest absolute Gasteiger partial charge is 0.466 e. The standard InChI is InChI=1S/C14H25NO3/c1-3-14(9-5-6-10-14)13(17)15-11-7-8-12(16)18-4-2/h3-11H2,1-2H3,(H,15,17). The summed E-state index contributed by atoms with van der Waals surface area (Å²) in [5.74, 6) is -0.0100. The molecule has 4 heteroatoms. The summed E-state index contributed by atoms with van der Waals surface area (Å²) in [6.45, 7) is 4.87. The zero-order valence-electron chi connectivity index (χ0n) is 11.6. The van der Waals surface area contributed by atoms with Crippen LogP contribution < -0.4 is 5.32 Å². The quantitative estimate of drug-likeness (QED) is 0.561. The second-order valence-corrected chi connectivity index (χ2v) is 5.01. The molecule has 0 aliphatic heterocycles. The van der Waals surface area contributed by atoms with Crippen molar-refractivity contribution in [1.82, 2.24) is 5.32 Å². The van der Waals surface area contributed by atoms with Crippen LogP contribution in [0.15, 0.2) is 0 Å². The summed E-state index contributed by atoms with van der Waals surface area (Å²) < 4.78 is 4.84. The lowest BCUT2D eigenvalue weighted by Crippen LogP contribution is -2.39. The number of nitrogens with one attached hydrogen (secondary N) is 1. The monoisotopic (exact) mass is 255 g/mol. The van der Waals surface area contributed by atoms with E-state index in [1.165, 1.54) is 0 Å². The average molecular weight is 255 g/mol. The van der Waals surface area contributed by atoms with Crippen molar-refractivity contribution in [1.29, 1.82) is 0 Å². The van der Waals surface area contributed by atoms with Crippen molar-refractivity contribution in [3.63, 3.8) is 0 Å². The highest BCUT2D eigenvalue weighted by Gasteiger charge is 2.38. The number of hydrogen-bond donors (Lipinski definition) is 1. The van der Waals surface area contributed by atoms with Gasteiger partial charge in [-0.1, -0.05) is 19.8 Å². The molecule has 1 amide bonds. The summed E-state index contributed by atoms with van der Waals surface area (Å²) in [7, 11) is 0. The summed E-state index contributed by atoms with van der Waals surface area (Å²) in [4.78, 5) is 23.3. The van der Waals surface area contributed by atoms with Gasteiger partial charge in [0.25, 0.3) is 0 Å². The topological polar surface area (TPSA) is 55.4 Å². The molecule has 1 saturated carbocycles. The fraction of sp³-hybridized carbons (Fsp3) is 0.857. The molecule has 1 fully saturated rings. The zero-order valence-corrected chi connectivity index (χ0v) is 11.6. The first-order valence-electron chi connectivity index (χ1n) is 7.08. The van der Waals surface area contributed by atoms with E-state index >= 15 is 0 Å². The van der Waals surface area contributed by atoms with Gasteiger partial charge in [0, 0.05) is 18.4 Å². The molecule has 1 aliphatic rings. The molecule has 18 heavy (non-hydrogen) atoms. The Bertz CT molecular complexity index is 283. The smallest absolute Gasteiger partial charge is 0.305 e. The van der Waals surface area contributed by atoms with Crippen LogP contribution in [0.2, 0.25) is 0 Å². The van der Waals surface area contributed by atoms with Crippen molar-refractivity contribution in [2.45, 2.75) is 58.8 Å². The van der Waals surface area contributed by atoms with Crippen LogP contribution in [-0.2, 0) is 14.3 Å². The normalized spacial score (nSPS) is 17.4. The molecule has 0 aromatic rings. The molecular weight excluding hydrogens is 230 g/mol. The first kappa shape index (κ1) is 15.0. The fourth-order valence-corrected chi connectivity index (χ4v) is 2.65. The van der Waals surface area contributed by atoms with Gasteiger partial charge in [0.1, 0.15) is 0 Å². The minimum Gasteiger partial charge on any atom is -0.466 e. The molecule has 0 atom stereocenters. The van der Waals surface area contributed by atoms with Crippen LogP contribution in [0.3, 0.4) is 0 Å². The summed E-state index contributed by atoms with van der Waals surface area (Å²) in [6.07, 6.45) is 6.28. The van der Waals surface area contributed by atoms with Gasteiger partial charge in [-0.3, -0.25) is 9.59 Å². The Morgan fingerprint density at radius 2 is 1.89 bits per heavy atom. The van der Waals surface area contributed by atoms with E-state index in [1.807, 2.05) is 0 Å². The van der Waals surface area contributed by atoms with Crippen LogP contribution in [0.4, 0.5) is 0 Å². The molecular formula is C14H25NO3. The zero-order chi connectivity index (χ0) is 13.4. The lowest BCUT2D eigenvalue weighted by molar-refractivity contribution is -0.143. The molecule has 0 saturated heterocycles. The highest BCUT2D eigenvalue weighted by atomic mass is 16.5. The number of carbonyl (C=O) groups is 2. The lowest BCUT2D eigenvalue weighted by atomic mass is 9.82. The number of esters is 1. The number of amides is 1. The molecule has 1 N–H and O–H groups in total. The van der Waals surface area contributed by atoms with Crippen molar-refractivity contribution < 1.29 is 14.3 Å². The second-order valence-electron chi connectivity index (χ2n) is 5.01. The highest BCUT2D eigenvalue weighted by molar-refractivity contribution is 5.82. The summed E-state index contributed by atoms with van der Waals surface area (Å²) in [6, 6.07) is 0. The summed E-state index contributed by atoms with van der Waals surface area (Å²) in [5.41, 5.74) is -0.135. The van der Waals surface area contributed by atoms with Gasteiger partial charge < -0.3 is 10.1 Å². The van der Waals surface area contributed by atoms with E-state index in [0.29, 0.717) is 26.0 Å². The molecule has 0 radical (unpaired) electrons. The molecule has 1 aliphatic carbocycles. The van der Waals surface area contributed by atoms with E-state index in [0.717, 1.165) is 32.1 Å². The Morgan fingerprint density at radius 1 is 1.22 bits per heavy atom. The molecule has 0 aromatic heterocycles.